The number of hydrogen-bond acceptors (Lipinski definition) is 6. The van der Waals surface area contributed by atoms with Crippen LogP contribution in [0.5, 0.6) is 11.5 Å². The fourth-order valence-corrected chi connectivity index (χ4v) is 4.53. The van der Waals surface area contributed by atoms with Gasteiger partial charge < -0.3 is 14.8 Å². The number of methoxy groups -OCH3 is 1. The topological polar surface area (TPSA) is 90.7 Å². The largest absolute Gasteiger partial charge is 0.490 e. The first-order valence-electron chi connectivity index (χ1n) is 10.5. The maximum absolute atomic E-state index is 13.0. The minimum Gasteiger partial charge on any atom is -0.490 e. The van der Waals surface area contributed by atoms with Crippen molar-refractivity contribution in [2.45, 2.75) is 25.0 Å². The van der Waals surface area contributed by atoms with E-state index in [0.29, 0.717) is 22.4 Å². The van der Waals surface area contributed by atoms with Crippen LogP contribution < -0.4 is 14.8 Å². The molecular formula is C26H22N2O5. The normalized spacial score (nSPS) is 19.2. The van der Waals surface area contributed by atoms with Crippen molar-refractivity contribution in [3.05, 3.63) is 99.1 Å². The summed E-state index contributed by atoms with van der Waals surface area (Å²) in [5.41, 5.74) is 2.04. The first-order valence-corrected chi connectivity index (χ1v) is 10.5. The van der Waals surface area contributed by atoms with Gasteiger partial charge in [-0.25, -0.2) is 0 Å². The van der Waals surface area contributed by atoms with Gasteiger partial charge in [-0.05, 0) is 49.8 Å². The van der Waals surface area contributed by atoms with Crippen molar-refractivity contribution in [1.29, 1.82) is 0 Å². The molecule has 1 unspecified atom stereocenters. The molecule has 0 bridgehead atoms. The van der Waals surface area contributed by atoms with E-state index in [0.717, 1.165) is 11.3 Å². The van der Waals surface area contributed by atoms with E-state index in [2.05, 4.69) is 5.32 Å². The molecule has 3 aromatic carbocycles. The summed E-state index contributed by atoms with van der Waals surface area (Å²) in [5, 5.41) is 14.8. The Balaban J connectivity index is 1.54. The second-order valence-corrected chi connectivity index (χ2v) is 8.70. The third kappa shape index (κ3) is 3.08. The average molecular weight is 442 g/mol. The zero-order chi connectivity index (χ0) is 23.4. The monoisotopic (exact) mass is 442 g/mol. The minimum absolute atomic E-state index is 0.0438. The maximum atomic E-state index is 13.0. The summed E-state index contributed by atoms with van der Waals surface area (Å²) in [5.74, 6) is 0.569. The SMILES string of the molecule is COc1cc2c(cc1[N+](=O)[O-])C=CC1(Nc3ccc(C(=O)c4ccccc4)cc3C1(C)C)O2. The molecule has 166 valence electrons. The summed E-state index contributed by atoms with van der Waals surface area (Å²) in [6.45, 7) is 4.08. The van der Waals surface area contributed by atoms with Crippen molar-refractivity contribution in [1.82, 2.24) is 0 Å². The molecule has 1 atom stereocenters. The molecule has 0 radical (unpaired) electrons. The number of nitro benzene ring substituents is 1. The number of carbonyl (C=O) groups is 1. The highest BCUT2D eigenvalue weighted by atomic mass is 16.6. The Morgan fingerprint density at radius 1 is 1.06 bits per heavy atom. The summed E-state index contributed by atoms with van der Waals surface area (Å²) in [4.78, 5) is 23.9. The average Bonchev–Trinajstić information content (AvgIpc) is 3.03. The van der Waals surface area contributed by atoms with Gasteiger partial charge in [0.2, 0.25) is 11.5 Å². The van der Waals surface area contributed by atoms with Crippen molar-refractivity contribution in [3.63, 3.8) is 0 Å². The second kappa shape index (κ2) is 7.20. The van der Waals surface area contributed by atoms with Gasteiger partial charge in [0.25, 0.3) is 0 Å². The molecule has 3 aromatic rings. The molecule has 1 spiro atoms. The van der Waals surface area contributed by atoms with Crippen LogP contribution in [0, 0.1) is 10.1 Å². The quantitative estimate of drug-likeness (QED) is 0.333. The predicted octanol–water partition coefficient (Wildman–Crippen LogP) is 5.34. The first-order chi connectivity index (χ1) is 15.8. The van der Waals surface area contributed by atoms with E-state index in [1.54, 1.807) is 18.2 Å². The standard InChI is InChI=1S/C26H22N2O5/c1-25(2)19-13-18(24(29)16-7-5-4-6-8-16)9-10-20(19)27-26(25)12-11-17-14-21(28(30)31)23(32-3)15-22(17)33-26/h4-15,27H,1-3H3. The molecule has 0 saturated carbocycles. The number of carbonyl (C=O) groups excluding carboxylic acids is 1. The van der Waals surface area contributed by atoms with Crippen molar-refractivity contribution < 1.29 is 19.2 Å². The summed E-state index contributed by atoms with van der Waals surface area (Å²) in [6, 6.07) is 17.8. The highest BCUT2D eigenvalue weighted by Crippen LogP contribution is 2.52. The Kier molecular flexibility index (Phi) is 4.53. The number of nitrogens with zero attached hydrogens (tertiary/aromatic N) is 1. The molecule has 0 aliphatic carbocycles. The van der Waals surface area contributed by atoms with Crippen LogP contribution in [0.2, 0.25) is 0 Å². The number of ether oxygens (including phenoxy) is 2. The molecule has 7 nitrogen and oxygen atoms in total. The second-order valence-electron chi connectivity index (χ2n) is 8.70. The summed E-state index contributed by atoms with van der Waals surface area (Å²) < 4.78 is 11.7. The number of nitro groups is 1. The lowest BCUT2D eigenvalue weighted by molar-refractivity contribution is -0.385. The van der Waals surface area contributed by atoms with E-state index in [4.69, 9.17) is 9.47 Å². The van der Waals surface area contributed by atoms with Crippen LogP contribution in [0.4, 0.5) is 11.4 Å². The zero-order valence-corrected chi connectivity index (χ0v) is 18.4. The van der Waals surface area contributed by atoms with Gasteiger partial charge in [0.15, 0.2) is 5.78 Å². The van der Waals surface area contributed by atoms with Gasteiger partial charge in [0, 0.05) is 34.5 Å². The van der Waals surface area contributed by atoms with Crippen molar-refractivity contribution in [3.8, 4) is 11.5 Å². The maximum Gasteiger partial charge on any atom is 0.311 e. The molecule has 1 N–H and O–H groups in total. The smallest absolute Gasteiger partial charge is 0.311 e. The van der Waals surface area contributed by atoms with E-state index in [-0.39, 0.29) is 17.2 Å². The number of hydrogen-bond donors (Lipinski definition) is 1. The van der Waals surface area contributed by atoms with Crippen LogP contribution in [-0.2, 0) is 5.41 Å². The molecule has 0 fully saturated rings. The predicted molar refractivity (Wildman–Crippen MR) is 125 cm³/mol. The molecule has 2 aliphatic rings. The number of nitrogens with one attached hydrogen (secondary N) is 1. The molecule has 0 amide bonds. The van der Waals surface area contributed by atoms with Crippen LogP contribution in [0.1, 0.15) is 40.9 Å². The summed E-state index contributed by atoms with van der Waals surface area (Å²) in [6.07, 6.45) is 3.70. The van der Waals surface area contributed by atoms with Gasteiger partial charge in [-0.1, -0.05) is 30.3 Å². The molecular weight excluding hydrogens is 420 g/mol. The Hall–Kier alpha value is -4.13. The van der Waals surface area contributed by atoms with E-state index < -0.39 is 16.1 Å². The summed E-state index contributed by atoms with van der Waals surface area (Å²) in [7, 11) is 1.39. The van der Waals surface area contributed by atoms with Gasteiger partial charge in [0.1, 0.15) is 5.75 Å². The van der Waals surface area contributed by atoms with Crippen LogP contribution in [0.15, 0.2) is 66.7 Å². The Morgan fingerprint density at radius 3 is 2.52 bits per heavy atom. The minimum atomic E-state index is -0.933. The van der Waals surface area contributed by atoms with Gasteiger partial charge >= 0.3 is 5.69 Å². The van der Waals surface area contributed by atoms with E-state index in [1.165, 1.54) is 13.2 Å². The lowest BCUT2D eigenvalue weighted by Gasteiger charge is -2.41. The summed E-state index contributed by atoms with van der Waals surface area (Å²) >= 11 is 0. The van der Waals surface area contributed by atoms with E-state index in [1.807, 2.05) is 62.4 Å². The zero-order valence-electron chi connectivity index (χ0n) is 18.4. The highest BCUT2D eigenvalue weighted by molar-refractivity contribution is 6.09. The molecule has 0 saturated heterocycles. The van der Waals surface area contributed by atoms with Crippen LogP contribution in [0.3, 0.4) is 0 Å². The fraction of sp³-hybridized carbons (Fsp3) is 0.192. The Morgan fingerprint density at radius 2 is 1.82 bits per heavy atom. The highest BCUT2D eigenvalue weighted by Gasteiger charge is 2.54. The molecule has 0 aromatic heterocycles. The number of anilines is 1. The van der Waals surface area contributed by atoms with Crippen LogP contribution in [0.25, 0.3) is 6.08 Å². The molecule has 2 aliphatic heterocycles. The van der Waals surface area contributed by atoms with Gasteiger partial charge in [-0.15, -0.1) is 0 Å². The van der Waals surface area contributed by atoms with Gasteiger partial charge in [-0.3, -0.25) is 14.9 Å². The number of rotatable bonds is 4. The third-order valence-corrected chi connectivity index (χ3v) is 6.52. The van der Waals surface area contributed by atoms with Crippen molar-refractivity contribution in [2.24, 2.45) is 0 Å². The molecule has 33 heavy (non-hydrogen) atoms. The Bertz CT molecular complexity index is 1330. The van der Waals surface area contributed by atoms with E-state index in [9.17, 15) is 14.9 Å². The first kappa shape index (κ1) is 20.8. The third-order valence-electron chi connectivity index (χ3n) is 6.52. The number of fused-ring (bicyclic) bond motifs is 2. The number of benzene rings is 3. The Labute approximate surface area is 190 Å². The van der Waals surface area contributed by atoms with Crippen molar-refractivity contribution in [2.75, 3.05) is 12.4 Å². The fourth-order valence-electron chi connectivity index (χ4n) is 4.53. The molecule has 2 heterocycles. The van der Waals surface area contributed by atoms with Crippen LogP contribution in [-0.4, -0.2) is 23.5 Å². The number of ketones is 1. The lowest BCUT2D eigenvalue weighted by Crippen LogP contribution is -2.53. The van der Waals surface area contributed by atoms with Gasteiger partial charge in [-0.2, -0.15) is 0 Å². The molecule has 7 heteroatoms. The van der Waals surface area contributed by atoms with Gasteiger partial charge in [0.05, 0.1) is 17.4 Å². The van der Waals surface area contributed by atoms with Crippen LogP contribution >= 0.6 is 0 Å². The molecule has 5 rings (SSSR count). The lowest BCUT2D eigenvalue weighted by atomic mass is 9.76. The van der Waals surface area contributed by atoms with Crippen molar-refractivity contribution >= 4 is 23.2 Å². The van der Waals surface area contributed by atoms with E-state index >= 15 is 0 Å².